The lowest BCUT2D eigenvalue weighted by atomic mass is 10.0. The van der Waals surface area contributed by atoms with Crippen molar-refractivity contribution >= 4 is 23.5 Å². The van der Waals surface area contributed by atoms with E-state index in [2.05, 4.69) is 5.32 Å². The maximum Gasteiger partial charge on any atom is 0.320 e. The number of benzene rings is 1. The second-order valence-corrected chi connectivity index (χ2v) is 5.02. The molecule has 0 bridgehead atoms. The standard InChI is InChI=1S/C13H17ClN2O3/c1-7(2)11(13(18)19)16-6-9-4-3-8(12(15)17)5-10(9)14/h3-5,7,11,16H,6H2,1-2H3,(H2,15,17)(H,18,19). The van der Waals surface area contributed by atoms with Crippen molar-refractivity contribution in [3.63, 3.8) is 0 Å². The second kappa shape index (κ2) is 6.54. The molecule has 4 N–H and O–H groups in total. The van der Waals surface area contributed by atoms with Crippen LogP contribution in [0.25, 0.3) is 0 Å². The van der Waals surface area contributed by atoms with Gasteiger partial charge in [0.25, 0.3) is 0 Å². The Morgan fingerprint density at radius 3 is 2.47 bits per heavy atom. The summed E-state index contributed by atoms with van der Waals surface area (Å²) in [7, 11) is 0. The summed E-state index contributed by atoms with van der Waals surface area (Å²) >= 11 is 6.02. The Balaban J connectivity index is 2.78. The average Bonchev–Trinajstić information content (AvgIpc) is 2.29. The van der Waals surface area contributed by atoms with Crippen LogP contribution in [0.1, 0.15) is 29.8 Å². The van der Waals surface area contributed by atoms with Crippen LogP contribution in [0.4, 0.5) is 0 Å². The largest absolute Gasteiger partial charge is 0.480 e. The highest BCUT2D eigenvalue weighted by molar-refractivity contribution is 6.31. The van der Waals surface area contributed by atoms with Crippen LogP contribution in [0.2, 0.25) is 5.02 Å². The predicted molar refractivity (Wildman–Crippen MR) is 73.1 cm³/mol. The van der Waals surface area contributed by atoms with E-state index in [9.17, 15) is 9.59 Å². The van der Waals surface area contributed by atoms with Gasteiger partial charge in [-0.05, 0) is 23.6 Å². The lowest BCUT2D eigenvalue weighted by Crippen LogP contribution is -2.40. The van der Waals surface area contributed by atoms with E-state index in [1.54, 1.807) is 12.1 Å². The summed E-state index contributed by atoms with van der Waals surface area (Å²) in [6.07, 6.45) is 0. The summed E-state index contributed by atoms with van der Waals surface area (Å²) in [5.41, 5.74) is 6.19. The molecule has 0 fully saturated rings. The number of amides is 1. The molecule has 1 amide bonds. The molecule has 1 aromatic rings. The summed E-state index contributed by atoms with van der Waals surface area (Å²) in [5, 5.41) is 12.4. The van der Waals surface area contributed by atoms with Gasteiger partial charge in [0.2, 0.25) is 5.91 Å². The normalized spacial score (nSPS) is 12.4. The van der Waals surface area contributed by atoms with Crippen LogP contribution >= 0.6 is 11.6 Å². The number of carboxylic acid groups (broad SMARTS) is 1. The Bertz CT molecular complexity index is 489. The van der Waals surface area contributed by atoms with Crippen molar-refractivity contribution < 1.29 is 14.7 Å². The third-order valence-electron chi connectivity index (χ3n) is 2.78. The molecule has 0 aliphatic heterocycles. The number of carboxylic acids is 1. The minimum Gasteiger partial charge on any atom is -0.480 e. The van der Waals surface area contributed by atoms with E-state index in [0.29, 0.717) is 17.1 Å². The fraction of sp³-hybridized carbons (Fsp3) is 0.385. The van der Waals surface area contributed by atoms with E-state index in [0.717, 1.165) is 5.56 Å². The third-order valence-corrected chi connectivity index (χ3v) is 3.13. The smallest absolute Gasteiger partial charge is 0.320 e. The molecule has 1 unspecified atom stereocenters. The molecule has 1 aromatic carbocycles. The topological polar surface area (TPSA) is 92.4 Å². The van der Waals surface area contributed by atoms with Gasteiger partial charge in [0.15, 0.2) is 0 Å². The zero-order chi connectivity index (χ0) is 14.6. The fourth-order valence-electron chi connectivity index (χ4n) is 1.67. The van der Waals surface area contributed by atoms with Crippen LogP contribution in [-0.4, -0.2) is 23.0 Å². The van der Waals surface area contributed by atoms with E-state index in [1.807, 2.05) is 13.8 Å². The molecule has 19 heavy (non-hydrogen) atoms. The first-order valence-corrected chi connectivity index (χ1v) is 6.25. The molecule has 0 aliphatic rings. The molecular formula is C13H17ClN2O3. The van der Waals surface area contributed by atoms with E-state index in [4.69, 9.17) is 22.4 Å². The first-order chi connectivity index (χ1) is 8.82. The van der Waals surface area contributed by atoms with Crippen LogP contribution < -0.4 is 11.1 Å². The zero-order valence-corrected chi connectivity index (χ0v) is 11.6. The van der Waals surface area contributed by atoms with Gasteiger partial charge in [0, 0.05) is 17.1 Å². The summed E-state index contributed by atoms with van der Waals surface area (Å²) in [5.74, 6) is -1.49. The lowest BCUT2D eigenvalue weighted by molar-refractivity contribution is -0.140. The van der Waals surface area contributed by atoms with Crippen LogP contribution in [0.15, 0.2) is 18.2 Å². The molecule has 104 valence electrons. The number of halogens is 1. The molecule has 0 aromatic heterocycles. The minimum atomic E-state index is -0.903. The van der Waals surface area contributed by atoms with Gasteiger partial charge in [-0.15, -0.1) is 0 Å². The minimum absolute atomic E-state index is 0.0406. The van der Waals surface area contributed by atoms with Crippen molar-refractivity contribution in [2.24, 2.45) is 11.7 Å². The van der Waals surface area contributed by atoms with E-state index in [-0.39, 0.29) is 5.92 Å². The summed E-state index contributed by atoms with van der Waals surface area (Å²) in [6.45, 7) is 3.96. The number of primary amides is 1. The number of hydrogen-bond acceptors (Lipinski definition) is 3. The maximum atomic E-state index is 11.0. The molecule has 1 atom stereocenters. The van der Waals surface area contributed by atoms with Crippen molar-refractivity contribution in [3.8, 4) is 0 Å². The summed E-state index contributed by atoms with van der Waals surface area (Å²) in [4.78, 5) is 22.0. The van der Waals surface area contributed by atoms with E-state index >= 15 is 0 Å². The average molecular weight is 285 g/mol. The molecule has 0 heterocycles. The zero-order valence-electron chi connectivity index (χ0n) is 10.8. The van der Waals surface area contributed by atoms with Gasteiger partial charge in [-0.2, -0.15) is 0 Å². The van der Waals surface area contributed by atoms with Gasteiger partial charge in [-0.25, -0.2) is 0 Å². The maximum absolute atomic E-state index is 11.0. The van der Waals surface area contributed by atoms with Crippen LogP contribution in [-0.2, 0) is 11.3 Å². The van der Waals surface area contributed by atoms with E-state index < -0.39 is 17.9 Å². The van der Waals surface area contributed by atoms with Crippen molar-refractivity contribution in [3.05, 3.63) is 34.3 Å². The highest BCUT2D eigenvalue weighted by Crippen LogP contribution is 2.18. The van der Waals surface area contributed by atoms with Gasteiger partial charge in [0.1, 0.15) is 6.04 Å². The molecule has 0 saturated carbocycles. The lowest BCUT2D eigenvalue weighted by Gasteiger charge is -2.18. The van der Waals surface area contributed by atoms with Crippen molar-refractivity contribution in [1.82, 2.24) is 5.32 Å². The molecule has 0 saturated heterocycles. The Hall–Kier alpha value is -1.59. The first-order valence-electron chi connectivity index (χ1n) is 5.87. The monoisotopic (exact) mass is 284 g/mol. The van der Waals surface area contributed by atoms with Gasteiger partial charge in [-0.1, -0.05) is 31.5 Å². The number of nitrogens with two attached hydrogens (primary N) is 1. The number of aliphatic carboxylic acids is 1. The predicted octanol–water partition coefficient (Wildman–Crippen LogP) is 1.64. The van der Waals surface area contributed by atoms with Gasteiger partial charge in [-0.3, -0.25) is 9.59 Å². The van der Waals surface area contributed by atoms with E-state index in [1.165, 1.54) is 6.07 Å². The van der Waals surface area contributed by atoms with Crippen LogP contribution in [0.5, 0.6) is 0 Å². The Morgan fingerprint density at radius 1 is 1.42 bits per heavy atom. The highest BCUT2D eigenvalue weighted by atomic mass is 35.5. The van der Waals surface area contributed by atoms with Gasteiger partial charge in [0.05, 0.1) is 0 Å². The summed E-state index contributed by atoms with van der Waals surface area (Å²) in [6, 6.07) is 4.06. The van der Waals surface area contributed by atoms with Crippen LogP contribution in [0.3, 0.4) is 0 Å². The molecule has 1 rings (SSSR count). The number of carbonyl (C=O) groups excluding carboxylic acids is 1. The quantitative estimate of drug-likeness (QED) is 0.740. The highest BCUT2D eigenvalue weighted by Gasteiger charge is 2.20. The molecule has 0 aliphatic carbocycles. The Kier molecular flexibility index (Phi) is 5.32. The SMILES string of the molecule is CC(C)C(NCc1ccc(C(N)=O)cc1Cl)C(=O)O. The molecule has 6 heteroatoms. The number of hydrogen-bond donors (Lipinski definition) is 3. The molecule has 0 radical (unpaired) electrons. The van der Waals surface area contributed by atoms with Crippen molar-refractivity contribution in [2.45, 2.75) is 26.4 Å². The van der Waals surface area contributed by atoms with Gasteiger partial charge < -0.3 is 16.2 Å². The molecule has 5 nitrogen and oxygen atoms in total. The number of carbonyl (C=O) groups is 2. The Morgan fingerprint density at radius 2 is 2.05 bits per heavy atom. The van der Waals surface area contributed by atoms with Crippen LogP contribution in [0, 0.1) is 5.92 Å². The Labute approximate surface area is 116 Å². The van der Waals surface area contributed by atoms with Crippen molar-refractivity contribution in [2.75, 3.05) is 0 Å². The first kappa shape index (κ1) is 15.5. The van der Waals surface area contributed by atoms with Crippen molar-refractivity contribution in [1.29, 1.82) is 0 Å². The number of nitrogens with one attached hydrogen (secondary N) is 1. The van der Waals surface area contributed by atoms with Gasteiger partial charge >= 0.3 is 5.97 Å². The summed E-state index contributed by atoms with van der Waals surface area (Å²) < 4.78 is 0. The third kappa shape index (κ3) is 4.22. The second-order valence-electron chi connectivity index (χ2n) is 4.61. The molecular weight excluding hydrogens is 268 g/mol. The number of rotatable bonds is 6. The fourth-order valence-corrected chi connectivity index (χ4v) is 1.92. The molecule has 0 spiro atoms.